The number of ether oxygens (including phenoxy) is 2. The van der Waals surface area contributed by atoms with E-state index in [9.17, 15) is 17.6 Å². The van der Waals surface area contributed by atoms with Crippen LogP contribution in [0.5, 0.6) is 5.75 Å². The fourth-order valence-electron chi connectivity index (χ4n) is 3.24. The molecule has 7 nitrogen and oxygen atoms in total. The highest BCUT2D eigenvalue weighted by Crippen LogP contribution is 2.26. The topological polar surface area (TPSA) is 84.9 Å². The fraction of sp³-hybridized carbons (Fsp3) is 0.381. The maximum Gasteiger partial charge on any atom is 0.243 e. The number of anilines is 1. The van der Waals surface area contributed by atoms with Gasteiger partial charge in [-0.15, -0.1) is 0 Å². The predicted octanol–water partition coefficient (Wildman–Crippen LogP) is 2.89. The molecule has 0 atom stereocenters. The average Bonchev–Trinajstić information content (AvgIpc) is 2.76. The van der Waals surface area contributed by atoms with Gasteiger partial charge in [0, 0.05) is 31.8 Å². The Labute approximate surface area is 175 Å². The molecule has 0 bridgehead atoms. The highest BCUT2D eigenvalue weighted by Gasteiger charge is 2.32. The molecule has 0 radical (unpaired) electrons. The van der Waals surface area contributed by atoms with Gasteiger partial charge in [0.15, 0.2) is 0 Å². The maximum absolute atomic E-state index is 13.0. The first-order valence-electron chi connectivity index (χ1n) is 9.68. The van der Waals surface area contributed by atoms with E-state index in [1.807, 2.05) is 0 Å². The van der Waals surface area contributed by atoms with E-state index in [2.05, 4.69) is 5.32 Å². The van der Waals surface area contributed by atoms with Crippen molar-refractivity contribution in [3.8, 4) is 5.75 Å². The highest BCUT2D eigenvalue weighted by molar-refractivity contribution is 7.89. The molecular weight excluding hydrogens is 411 g/mol. The van der Waals surface area contributed by atoms with Crippen molar-refractivity contribution in [2.75, 3.05) is 38.7 Å². The molecule has 9 heteroatoms. The van der Waals surface area contributed by atoms with Crippen LogP contribution >= 0.6 is 0 Å². The van der Waals surface area contributed by atoms with Crippen LogP contribution in [0, 0.1) is 11.7 Å². The Morgan fingerprint density at radius 3 is 2.30 bits per heavy atom. The Hall–Kier alpha value is -2.49. The van der Waals surface area contributed by atoms with E-state index < -0.39 is 10.0 Å². The summed E-state index contributed by atoms with van der Waals surface area (Å²) in [6, 6.07) is 11.8. The summed E-state index contributed by atoms with van der Waals surface area (Å²) < 4.78 is 50.5. The fourth-order valence-corrected chi connectivity index (χ4v) is 4.71. The molecular formula is C21H25FN2O5S. The van der Waals surface area contributed by atoms with Gasteiger partial charge in [-0.25, -0.2) is 12.8 Å². The van der Waals surface area contributed by atoms with Gasteiger partial charge in [-0.2, -0.15) is 4.31 Å². The number of benzene rings is 2. The van der Waals surface area contributed by atoms with Crippen molar-refractivity contribution in [2.24, 2.45) is 5.92 Å². The van der Waals surface area contributed by atoms with E-state index in [4.69, 9.17) is 9.47 Å². The minimum absolute atomic E-state index is 0.184. The quantitative estimate of drug-likeness (QED) is 0.644. The molecule has 0 spiro atoms. The van der Waals surface area contributed by atoms with Gasteiger partial charge < -0.3 is 14.8 Å². The van der Waals surface area contributed by atoms with Crippen molar-refractivity contribution < 1.29 is 27.1 Å². The number of rotatable bonds is 8. The minimum atomic E-state index is -3.64. The second-order valence-electron chi connectivity index (χ2n) is 6.99. The van der Waals surface area contributed by atoms with Gasteiger partial charge >= 0.3 is 0 Å². The number of halogens is 1. The molecule has 1 aliphatic heterocycles. The average molecular weight is 437 g/mol. The number of carbonyl (C=O) groups excluding carboxylic acids is 1. The summed E-state index contributed by atoms with van der Waals surface area (Å²) in [6.07, 6.45) is 0.842. The molecule has 2 aromatic carbocycles. The SMILES string of the molecule is COCCOc1ccc(S(=O)(=O)N2CCC(C(=O)Nc3ccc(F)cc3)CC2)cc1. The summed E-state index contributed by atoms with van der Waals surface area (Å²) >= 11 is 0. The zero-order chi connectivity index (χ0) is 21.6. The van der Waals surface area contributed by atoms with Gasteiger partial charge in [-0.3, -0.25) is 4.79 Å². The molecule has 1 amide bonds. The third kappa shape index (κ3) is 5.56. The number of piperidine rings is 1. The van der Waals surface area contributed by atoms with Crippen molar-refractivity contribution in [3.63, 3.8) is 0 Å². The molecule has 3 rings (SSSR count). The second kappa shape index (κ2) is 10.0. The van der Waals surface area contributed by atoms with E-state index in [-0.39, 0.29) is 35.6 Å². The summed E-state index contributed by atoms with van der Waals surface area (Å²) in [5, 5.41) is 2.75. The first kappa shape index (κ1) is 22.2. The van der Waals surface area contributed by atoms with Crippen LogP contribution in [0.2, 0.25) is 0 Å². The summed E-state index contributed by atoms with van der Waals surface area (Å²) in [6.45, 7) is 1.35. The molecule has 2 aromatic rings. The second-order valence-corrected chi connectivity index (χ2v) is 8.93. The highest BCUT2D eigenvalue weighted by atomic mass is 32.2. The lowest BCUT2D eigenvalue weighted by Gasteiger charge is -2.30. The normalized spacial score (nSPS) is 15.7. The van der Waals surface area contributed by atoms with Crippen molar-refractivity contribution in [1.29, 1.82) is 0 Å². The van der Waals surface area contributed by atoms with Crippen LogP contribution in [0.1, 0.15) is 12.8 Å². The minimum Gasteiger partial charge on any atom is -0.491 e. The third-order valence-corrected chi connectivity index (χ3v) is 6.87. The summed E-state index contributed by atoms with van der Waals surface area (Å²) in [7, 11) is -2.06. The molecule has 1 aliphatic rings. The maximum atomic E-state index is 13.0. The number of methoxy groups -OCH3 is 1. The Bertz CT molecular complexity index is 940. The molecule has 162 valence electrons. The number of nitrogens with zero attached hydrogens (tertiary/aromatic N) is 1. The van der Waals surface area contributed by atoms with Gasteiger partial charge in [0.25, 0.3) is 0 Å². The number of nitrogens with one attached hydrogen (secondary N) is 1. The molecule has 1 fully saturated rings. The Kier molecular flexibility index (Phi) is 7.41. The third-order valence-electron chi connectivity index (χ3n) is 4.95. The summed E-state index contributed by atoms with van der Waals surface area (Å²) in [5.41, 5.74) is 0.518. The molecule has 0 aliphatic carbocycles. The van der Waals surface area contributed by atoms with Crippen molar-refractivity contribution in [2.45, 2.75) is 17.7 Å². The zero-order valence-corrected chi connectivity index (χ0v) is 17.5. The smallest absolute Gasteiger partial charge is 0.243 e. The van der Waals surface area contributed by atoms with E-state index in [0.29, 0.717) is 37.5 Å². The Morgan fingerprint density at radius 1 is 1.07 bits per heavy atom. The van der Waals surface area contributed by atoms with Crippen LogP contribution in [0.25, 0.3) is 0 Å². The lowest BCUT2D eigenvalue weighted by Crippen LogP contribution is -2.41. The Morgan fingerprint density at radius 2 is 1.70 bits per heavy atom. The van der Waals surface area contributed by atoms with Gasteiger partial charge in [0.05, 0.1) is 11.5 Å². The molecule has 1 heterocycles. The molecule has 0 saturated carbocycles. The van der Waals surface area contributed by atoms with Crippen molar-refractivity contribution in [1.82, 2.24) is 4.31 Å². The molecule has 1 N–H and O–H groups in total. The number of hydrogen-bond acceptors (Lipinski definition) is 5. The number of hydrogen-bond donors (Lipinski definition) is 1. The summed E-state index contributed by atoms with van der Waals surface area (Å²) in [5.74, 6) is -0.280. The first-order valence-corrected chi connectivity index (χ1v) is 11.1. The van der Waals surface area contributed by atoms with E-state index in [1.54, 1.807) is 19.2 Å². The molecule has 1 saturated heterocycles. The van der Waals surface area contributed by atoms with Gasteiger partial charge in [0.2, 0.25) is 15.9 Å². The molecule has 0 aromatic heterocycles. The number of amides is 1. The standard InChI is InChI=1S/C21H25FN2O5S/c1-28-14-15-29-19-6-8-20(9-7-19)30(26,27)24-12-10-16(11-13-24)21(25)23-18-4-2-17(22)3-5-18/h2-9,16H,10-15H2,1H3,(H,23,25). The monoisotopic (exact) mass is 436 g/mol. The predicted molar refractivity (Wildman–Crippen MR) is 110 cm³/mol. The van der Waals surface area contributed by atoms with E-state index in [0.717, 1.165) is 0 Å². The number of sulfonamides is 1. The lowest BCUT2D eigenvalue weighted by molar-refractivity contribution is -0.120. The zero-order valence-electron chi connectivity index (χ0n) is 16.7. The van der Waals surface area contributed by atoms with Gasteiger partial charge in [0.1, 0.15) is 18.2 Å². The number of carbonyl (C=O) groups is 1. The van der Waals surface area contributed by atoms with Crippen LogP contribution in [0.3, 0.4) is 0 Å². The van der Waals surface area contributed by atoms with Crippen molar-refractivity contribution in [3.05, 3.63) is 54.3 Å². The van der Waals surface area contributed by atoms with Crippen molar-refractivity contribution >= 4 is 21.6 Å². The summed E-state index contributed by atoms with van der Waals surface area (Å²) in [4.78, 5) is 12.6. The largest absolute Gasteiger partial charge is 0.491 e. The van der Waals surface area contributed by atoms with Gasteiger partial charge in [-0.1, -0.05) is 0 Å². The van der Waals surface area contributed by atoms with Gasteiger partial charge in [-0.05, 0) is 61.4 Å². The Balaban J connectivity index is 1.55. The molecule has 0 unspecified atom stereocenters. The van der Waals surface area contributed by atoms with Crippen LogP contribution < -0.4 is 10.1 Å². The lowest BCUT2D eigenvalue weighted by atomic mass is 9.97. The van der Waals surface area contributed by atoms with Crippen LogP contribution in [0.4, 0.5) is 10.1 Å². The molecule has 30 heavy (non-hydrogen) atoms. The van der Waals surface area contributed by atoms with E-state index in [1.165, 1.54) is 40.7 Å². The van der Waals surface area contributed by atoms with Crippen LogP contribution in [-0.2, 0) is 19.6 Å². The van der Waals surface area contributed by atoms with E-state index >= 15 is 0 Å². The van der Waals surface area contributed by atoms with Crippen LogP contribution in [-0.4, -0.2) is 52.0 Å². The first-order chi connectivity index (χ1) is 14.4. The van der Waals surface area contributed by atoms with Crippen LogP contribution in [0.15, 0.2) is 53.4 Å².